The van der Waals surface area contributed by atoms with Crippen LogP contribution in [0.15, 0.2) is 43.2 Å². The van der Waals surface area contributed by atoms with Crippen molar-refractivity contribution in [3.63, 3.8) is 0 Å². The number of aromatic nitrogens is 2. The molecule has 1 unspecified atom stereocenters. The molecule has 1 aliphatic rings. The minimum absolute atomic E-state index is 0.0198. The number of likely N-dealkylation sites (tertiary alicyclic amines) is 1. The van der Waals surface area contributed by atoms with Crippen LogP contribution in [0.1, 0.15) is 30.0 Å². The van der Waals surface area contributed by atoms with Crippen molar-refractivity contribution in [2.24, 2.45) is 0 Å². The molecule has 0 saturated carbocycles. The molecule has 0 spiro atoms. The highest BCUT2D eigenvalue weighted by atomic mass is 79.9. The smallest absolute Gasteiger partial charge is 0.316 e. The molecule has 38 heavy (non-hydrogen) atoms. The van der Waals surface area contributed by atoms with Crippen LogP contribution in [0.25, 0.3) is 10.9 Å². The van der Waals surface area contributed by atoms with E-state index in [1.807, 2.05) is 4.90 Å². The molecule has 1 fully saturated rings. The Kier molecular flexibility index (Phi) is 8.16. The molecular weight excluding hydrogens is 613 g/mol. The van der Waals surface area contributed by atoms with Crippen LogP contribution in [-0.4, -0.2) is 54.8 Å². The first-order chi connectivity index (χ1) is 17.8. The first kappa shape index (κ1) is 28.8. The van der Waals surface area contributed by atoms with Gasteiger partial charge in [-0.25, -0.2) is 13.2 Å². The number of fused-ring (bicyclic) bond motifs is 1. The molecule has 1 aromatic heterocycles. The van der Waals surface area contributed by atoms with Gasteiger partial charge in [0.05, 0.1) is 33.7 Å². The number of halogens is 5. The average molecular weight is 638 g/mol. The van der Waals surface area contributed by atoms with Gasteiger partial charge in [-0.15, -0.1) is 0 Å². The molecule has 3 aromatic rings. The predicted molar refractivity (Wildman–Crippen MR) is 143 cm³/mol. The number of benzene rings is 2. The van der Waals surface area contributed by atoms with Crippen LogP contribution in [-0.2, 0) is 29.1 Å². The van der Waals surface area contributed by atoms with E-state index in [0.29, 0.717) is 17.7 Å². The highest BCUT2D eigenvalue weighted by Gasteiger charge is 2.37. The van der Waals surface area contributed by atoms with Crippen molar-refractivity contribution in [2.75, 3.05) is 25.9 Å². The molecule has 14 heteroatoms. The highest BCUT2D eigenvalue weighted by molar-refractivity contribution is 9.10. The maximum atomic E-state index is 14.2. The normalized spacial score (nSPS) is 17.0. The Labute approximate surface area is 229 Å². The molecule has 2 heterocycles. The molecule has 0 aliphatic carbocycles. The molecule has 206 valence electrons. The Morgan fingerprint density at radius 3 is 2.53 bits per heavy atom. The Balaban J connectivity index is 1.88. The summed E-state index contributed by atoms with van der Waals surface area (Å²) in [6.45, 7) is 2.05. The van der Waals surface area contributed by atoms with Crippen molar-refractivity contribution in [1.82, 2.24) is 19.8 Å². The van der Waals surface area contributed by atoms with Gasteiger partial charge in [-0.05, 0) is 64.8 Å². The second-order valence-electron chi connectivity index (χ2n) is 9.12. The number of aromatic amines is 1. The lowest BCUT2D eigenvalue weighted by Crippen LogP contribution is -2.36. The maximum absolute atomic E-state index is 14.2. The largest absolute Gasteiger partial charge is 0.416 e. The van der Waals surface area contributed by atoms with Gasteiger partial charge in [-0.3, -0.25) is 14.3 Å². The Morgan fingerprint density at radius 2 is 1.92 bits per heavy atom. The zero-order valence-electron chi connectivity index (χ0n) is 20.5. The van der Waals surface area contributed by atoms with Crippen molar-refractivity contribution in [2.45, 2.75) is 43.5 Å². The number of likely N-dealkylation sites (N-methyl/N-ethyl adjacent to an activating group) is 1. The fourth-order valence-electron chi connectivity index (χ4n) is 4.68. The van der Waals surface area contributed by atoms with Crippen molar-refractivity contribution >= 4 is 48.3 Å². The van der Waals surface area contributed by atoms with Crippen LogP contribution in [0.4, 0.5) is 13.2 Å². The molecule has 2 aromatic carbocycles. The monoisotopic (exact) mass is 636 g/mol. The predicted octanol–water partition coefficient (Wildman–Crippen LogP) is 3.76. The number of sulfone groups is 1. The first-order valence-electron chi connectivity index (χ1n) is 11.7. The van der Waals surface area contributed by atoms with Gasteiger partial charge in [0, 0.05) is 35.2 Å². The summed E-state index contributed by atoms with van der Waals surface area (Å²) in [5, 5.41) is 2.94. The van der Waals surface area contributed by atoms with E-state index in [1.165, 1.54) is 25.1 Å². The summed E-state index contributed by atoms with van der Waals surface area (Å²) in [5.41, 5.74) is -2.94. The molecule has 1 saturated heterocycles. The third-order valence-corrected chi connectivity index (χ3v) is 9.69. The van der Waals surface area contributed by atoms with Crippen LogP contribution in [0.3, 0.4) is 0 Å². The van der Waals surface area contributed by atoms with Crippen LogP contribution >= 0.6 is 27.5 Å². The van der Waals surface area contributed by atoms with Crippen molar-refractivity contribution < 1.29 is 21.6 Å². The van der Waals surface area contributed by atoms with Gasteiger partial charge in [0.25, 0.3) is 5.56 Å². The molecule has 0 bridgehead atoms. The zero-order chi connectivity index (χ0) is 28.0. The number of H-pyrrole nitrogens is 1. The summed E-state index contributed by atoms with van der Waals surface area (Å²) >= 11 is 9.26. The maximum Gasteiger partial charge on any atom is 0.416 e. The van der Waals surface area contributed by atoms with Gasteiger partial charge in [-0.2, -0.15) is 13.2 Å². The number of nitrogens with one attached hydrogen (secondary N) is 2. The lowest BCUT2D eigenvalue weighted by Gasteiger charge is -2.22. The SMILES string of the molecule is CCS(=O)(=O)c1ccc(Cl)cc1Cn1c(=O)[nH]c2c(Br)c(CN3CCC(NC)C3)c(C(F)(F)F)cc2c1=O. The Morgan fingerprint density at radius 1 is 1.21 bits per heavy atom. The van der Waals surface area contributed by atoms with Crippen molar-refractivity contribution in [3.05, 3.63) is 71.3 Å². The molecule has 1 aliphatic heterocycles. The van der Waals surface area contributed by atoms with Gasteiger partial charge in [0.1, 0.15) is 0 Å². The standard InChI is InChI=1S/C24H25BrClF3N4O4S/c1-3-38(36,37)19-5-4-14(26)8-13(19)10-33-22(34)16-9-18(24(27,28)29)17(20(25)21(16)31-23(33)35)12-32-7-6-15(11-32)30-2/h4-5,8-9,15,30H,3,6-7,10-12H2,1-2H3,(H,31,35). The van der Waals surface area contributed by atoms with E-state index in [-0.39, 0.29) is 54.8 Å². The Bertz CT molecular complexity index is 1620. The first-order valence-corrected chi connectivity index (χ1v) is 14.5. The van der Waals surface area contributed by atoms with Gasteiger partial charge in [0.15, 0.2) is 9.84 Å². The number of rotatable bonds is 7. The minimum atomic E-state index is -4.77. The molecule has 4 rings (SSSR count). The van der Waals surface area contributed by atoms with Gasteiger partial charge >= 0.3 is 11.9 Å². The molecule has 0 amide bonds. The zero-order valence-corrected chi connectivity index (χ0v) is 23.6. The van der Waals surface area contributed by atoms with Crippen LogP contribution < -0.4 is 16.6 Å². The minimum Gasteiger partial charge on any atom is -0.316 e. The van der Waals surface area contributed by atoms with Crippen molar-refractivity contribution in [3.8, 4) is 0 Å². The molecule has 0 radical (unpaired) electrons. The van der Waals surface area contributed by atoms with E-state index < -0.39 is 39.4 Å². The lowest BCUT2D eigenvalue weighted by molar-refractivity contribution is -0.138. The fourth-order valence-corrected chi connectivity index (χ4v) is 6.64. The van der Waals surface area contributed by atoms with Crippen molar-refractivity contribution in [1.29, 1.82) is 0 Å². The number of alkyl halides is 3. The topological polar surface area (TPSA) is 104 Å². The van der Waals surface area contributed by atoms with E-state index in [2.05, 4.69) is 26.2 Å². The summed E-state index contributed by atoms with van der Waals surface area (Å²) in [5.74, 6) is -0.235. The average Bonchev–Trinajstić information content (AvgIpc) is 3.30. The van der Waals surface area contributed by atoms with E-state index in [9.17, 15) is 31.2 Å². The third-order valence-electron chi connectivity index (χ3n) is 6.75. The Hall–Kier alpha value is -2.19. The van der Waals surface area contributed by atoms with E-state index in [0.717, 1.165) is 12.5 Å². The second kappa shape index (κ2) is 10.8. The summed E-state index contributed by atoms with van der Waals surface area (Å²) in [6.07, 6.45) is -3.99. The summed E-state index contributed by atoms with van der Waals surface area (Å²) < 4.78 is 68.3. The number of hydrogen-bond donors (Lipinski definition) is 2. The van der Waals surface area contributed by atoms with Crippen LogP contribution in [0.2, 0.25) is 5.02 Å². The molecule has 1 atom stereocenters. The highest BCUT2D eigenvalue weighted by Crippen LogP contribution is 2.39. The molecular formula is C24H25BrClF3N4O4S. The fraction of sp³-hybridized carbons (Fsp3) is 0.417. The second-order valence-corrected chi connectivity index (χ2v) is 12.6. The molecule has 2 N–H and O–H groups in total. The lowest BCUT2D eigenvalue weighted by atomic mass is 10.0. The van der Waals surface area contributed by atoms with Gasteiger partial charge in [0.2, 0.25) is 0 Å². The third kappa shape index (κ3) is 5.57. The molecule has 8 nitrogen and oxygen atoms in total. The summed E-state index contributed by atoms with van der Waals surface area (Å²) in [4.78, 5) is 30.7. The summed E-state index contributed by atoms with van der Waals surface area (Å²) in [6, 6.07) is 4.86. The van der Waals surface area contributed by atoms with Crippen LogP contribution in [0, 0.1) is 0 Å². The summed E-state index contributed by atoms with van der Waals surface area (Å²) in [7, 11) is -1.95. The van der Waals surface area contributed by atoms with E-state index in [4.69, 9.17) is 11.6 Å². The van der Waals surface area contributed by atoms with E-state index in [1.54, 1.807) is 7.05 Å². The van der Waals surface area contributed by atoms with E-state index >= 15 is 0 Å². The van der Waals surface area contributed by atoms with Gasteiger partial charge < -0.3 is 10.3 Å². The van der Waals surface area contributed by atoms with Gasteiger partial charge in [-0.1, -0.05) is 18.5 Å². The van der Waals surface area contributed by atoms with Crippen LogP contribution in [0.5, 0.6) is 0 Å². The quantitative estimate of drug-likeness (QED) is 0.409. The number of hydrogen-bond acceptors (Lipinski definition) is 6. The number of nitrogens with zero attached hydrogens (tertiary/aromatic N) is 2.